The van der Waals surface area contributed by atoms with E-state index in [1.54, 1.807) is 30.9 Å². The maximum absolute atomic E-state index is 12.8. The molecule has 5 nitrogen and oxygen atoms in total. The van der Waals surface area contributed by atoms with Crippen LogP contribution in [0.4, 0.5) is 0 Å². The highest BCUT2D eigenvalue weighted by molar-refractivity contribution is 6.42. The number of aromatic nitrogens is 2. The summed E-state index contributed by atoms with van der Waals surface area (Å²) in [5, 5.41) is 3.87. The summed E-state index contributed by atoms with van der Waals surface area (Å²) in [5.41, 5.74) is 3.23. The van der Waals surface area contributed by atoms with E-state index in [9.17, 15) is 4.79 Å². The van der Waals surface area contributed by atoms with Gasteiger partial charge in [-0.25, -0.2) is 4.98 Å². The Morgan fingerprint density at radius 2 is 1.97 bits per heavy atom. The zero-order valence-corrected chi connectivity index (χ0v) is 16.8. The highest BCUT2D eigenvalue weighted by atomic mass is 35.5. The molecule has 29 heavy (non-hydrogen) atoms. The SMILES string of the molecule is O=C(NCc1ccc(Cl)c(Cl)c1)c1cc(Cn2ccnc2)cc(-c2ccco2)c1. The molecule has 0 radical (unpaired) electrons. The monoisotopic (exact) mass is 425 g/mol. The molecule has 1 amide bonds. The van der Waals surface area contributed by atoms with Gasteiger partial charge in [0, 0.05) is 36.6 Å². The molecule has 0 fully saturated rings. The van der Waals surface area contributed by atoms with Crippen LogP contribution in [0.25, 0.3) is 11.3 Å². The lowest BCUT2D eigenvalue weighted by atomic mass is 10.0. The van der Waals surface area contributed by atoms with E-state index in [0.717, 1.165) is 16.7 Å². The fourth-order valence-electron chi connectivity index (χ4n) is 3.02. The van der Waals surface area contributed by atoms with Crippen molar-refractivity contribution in [1.29, 1.82) is 0 Å². The summed E-state index contributed by atoms with van der Waals surface area (Å²) in [6.07, 6.45) is 6.95. The Kier molecular flexibility index (Phi) is 5.69. The first kappa shape index (κ1) is 19.3. The number of amides is 1. The van der Waals surface area contributed by atoms with Crippen molar-refractivity contribution in [2.75, 3.05) is 0 Å². The molecule has 7 heteroatoms. The van der Waals surface area contributed by atoms with Crippen molar-refractivity contribution in [1.82, 2.24) is 14.9 Å². The summed E-state index contributed by atoms with van der Waals surface area (Å²) in [6.45, 7) is 0.944. The van der Waals surface area contributed by atoms with E-state index in [1.807, 2.05) is 47.2 Å². The van der Waals surface area contributed by atoms with Crippen LogP contribution in [-0.4, -0.2) is 15.5 Å². The first-order valence-corrected chi connectivity index (χ1v) is 9.70. The van der Waals surface area contributed by atoms with Gasteiger partial charge in [-0.3, -0.25) is 4.79 Å². The quantitative estimate of drug-likeness (QED) is 0.448. The molecule has 0 atom stereocenters. The molecule has 146 valence electrons. The van der Waals surface area contributed by atoms with E-state index in [1.165, 1.54) is 0 Å². The molecule has 0 aliphatic rings. The fraction of sp³-hybridized carbons (Fsp3) is 0.0909. The van der Waals surface area contributed by atoms with Crippen LogP contribution in [0.3, 0.4) is 0 Å². The zero-order valence-electron chi connectivity index (χ0n) is 15.3. The average molecular weight is 426 g/mol. The van der Waals surface area contributed by atoms with Crippen molar-refractivity contribution in [3.05, 3.63) is 100 Å². The largest absolute Gasteiger partial charge is 0.464 e. The van der Waals surface area contributed by atoms with Crippen LogP contribution in [0.2, 0.25) is 10.0 Å². The van der Waals surface area contributed by atoms with Gasteiger partial charge in [0.25, 0.3) is 5.91 Å². The normalized spacial score (nSPS) is 10.8. The zero-order chi connectivity index (χ0) is 20.2. The van der Waals surface area contributed by atoms with Gasteiger partial charge in [-0.2, -0.15) is 0 Å². The third-order valence-electron chi connectivity index (χ3n) is 4.42. The van der Waals surface area contributed by atoms with Crippen molar-refractivity contribution in [2.24, 2.45) is 0 Å². The van der Waals surface area contributed by atoms with Gasteiger partial charge in [0.1, 0.15) is 5.76 Å². The topological polar surface area (TPSA) is 60.1 Å². The lowest BCUT2D eigenvalue weighted by Crippen LogP contribution is -2.23. The number of rotatable bonds is 6. The number of nitrogens with one attached hydrogen (secondary N) is 1. The van der Waals surface area contributed by atoms with Crippen molar-refractivity contribution in [3.63, 3.8) is 0 Å². The van der Waals surface area contributed by atoms with Gasteiger partial charge in [-0.05, 0) is 53.6 Å². The third-order valence-corrected chi connectivity index (χ3v) is 5.16. The Morgan fingerprint density at radius 1 is 1.07 bits per heavy atom. The van der Waals surface area contributed by atoms with E-state index >= 15 is 0 Å². The van der Waals surface area contributed by atoms with E-state index in [-0.39, 0.29) is 5.91 Å². The molecule has 0 aliphatic carbocycles. The molecule has 4 aromatic rings. The van der Waals surface area contributed by atoms with Crippen LogP contribution in [0.5, 0.6) is 0 Å². The second kappa shape index (κ2) is 8.55. The van der Waals surface area contributed by atoms with Gasteiger partial charge in [-0.15, -0.1) is 0 Å². The molecule has 0 aliphatic heterocycles. The molecule has 0 saturated carbocycles. The summed E-state index contributed by atoms with van der Waals surface area (Å²) in [4.78, 5) is 16.9. The molecule has 0 spiro atoms. The molecular weight excluding hydrogens is 409 g/mol. The van der Waals surface area contributed by atoms with Gasteiger partial charge >= 0.3 is 0 Å². The highest BCUT2D eigenvalue weighted by Crippen LogP contribution is 2.25. The van der Waals surface area contributed by atoms with Crippen LogP contribution in [-0.2, 0) is 13.1 Å². The molecule has 4 rings (SSSR count). The van der Waals surface area contributed by atoms with E-state index in [4.69, 9.17) is 27.6 Å². The van der Waals surface area contributed by atoms with Gasteiger partial charge in [0.15, 0.2) is 0 Å². The Hall–Kier alpha value is -3.02. The Labute approximate surface area is 177 Å². The molecule has 2 heterocycles. The summed E-state index contributed by atoms with van der Waals surface area (Å²) >= 11 is 12.0. The predicted molar refractivity (Wildman–Crippen MR) is 113 cm³/mol. The van der Waals surface area contributed by atoms with Crippen LogP contribution in [0, 0.1) is 0 Å². The smallest absolute Gasteiger partial charge is 0.251 e. The van der Waals surface area contributed by atoms with Gasteiger partial charge in [0.05, 0.1) is 22.6 Å². The number of carbonyl (C=O) groups excluding carboxylic acids is 1. The number of benzene rings is 2. The number of carbonyl (C=O) groups is 1. The second-order valence-electron chi connectivity index (χ2n) is 6.56. The number of nitrogens with zero attached hydrogens (tertiary/aromatic N) is 2. The van der Waals surface area contributed by atoms with Crippen molar-refractivity contribution < 1.29 is 9.21 Å². The third kappa shape index (κ3) is 4.70. The van der Waals surface area contributed by atoms with Crippen LogP contribution in [0.1, 0.15) is 21.5 Å². The summed E-state index contributed by atoms with van der Waals surface area (Å²) in [6, 6.07) is 14.7. The molecule has 1 N–H and O–H groups in total. The number of halogens is 2. The van der Waals surface area contributed by atoms with Crippen molar-refractivity contribution in [3.8, 4) is 11.3 Å². The van der Waals surface area contributed by atoms with Crippen LogP contribution < -0.4 is 5.32 Å². The minimum absolute atomic E-state index is 0.184. The number of furan rings is 1. The number of hydrogen-bond donors (Lipinski definition) is 1. The van der Waals surface area contributed by atoms with Gasteiger partial charge < -0.3 is 14.3 Å². The lowest BCUT2D eigenvalue weighted by Gasteiger charge is -2.11. The Bertz CT molecular complexity index is 1120. The highest BCUT2D eigenvalue weighted by Gasteiger charge is 2.12. The maximum Gasteiger partial charge on any atom is 0.251 e. The fourth-order valence-corrected chi connectivity index (χ4v) is 3.35. The molecule has 0 saturated heterocycles. The Balaban J connectivity index is 1.58. The first-order valence-electron chi connectivity index (χ1n) is 8.94. The van der Waals surface area contributed by atoms with Gasteiger partial charge in [-0.1, -0.05) is 29.3 Å². The molecule has 0 bridgehead atoms. The minimum Gasteiger partial charge on any atom is -0.464 e. The van der Waals surface area contributed by atoms with Crippen LogP contribution in [0.15, 0.2) is 77.9 Å². The summed E-state index contributed by atoms with van der Waals surface area (Å²) in [5.74, 6) is 0.521. The van der Waals surface area contributed by atoms with E-state index in [0.29, 0.717) is 34.5 Å². The van der Waals surface area contributed by atoms with Crippen LogP contribution >= 0.6 is 23.2 Å². The average Bonchev–Trinajstić information content (AvgIpc) is 3.42. The van der Waals surface area contributed by atoms with Crippen molar-refractivity contribution >= 4 is 29.1 Å². The molecule has 2 aromatic heterocycles. The summed E-state index contributed by atoms with van der Waals surface area (Å²) < 4.78 is 7.46. The molecular formula is C22H17Cl2N3O2. The molecule has 2 aromatic carbocycles. The molecule has 0 unspecified atom stereocenters. The first-order chi connectivity index (χ1) is 14.1. The number of hydrogen-bond acceptors (Lipinski definition) is 3. The minimum atomic E-state index is -0.184. The lowest BCUT2D eigenvalue weighted by molar-refractivity contribution is 0.0951. The second-order valence-corrected chi connectivity index (χ2v) is 7.38. The van der Waals surface area contributed by atoms with E-state index < -0.39 is 0 Å². The predicted octanol–water partition coefficient (Wildman–Crippen LogP) is 5.43. The van der Waals surface area contributed by atoms with E-state index in [2.05, 4.69) is 10.3 Å². The van der Waals surface area contributed by atoms with Crippen molar-refractivity contribution in [2.45, 2.75) is 13.1 Å². The standard InChI is InChI=1S/C22H17Cl2N3O2/c23-19-4-3-15(10-20(19)24)12-26-22(28)18-9-16(13-27-6-5-25-14-27)8-17(11-18)21-2-1-7-29-21/h1-11,14H,12-13H2,(H,26,28). The summed E-state index contributed by atoms with van der Waals surface area (Å²) in [7, 11) is 0. The number of imidazole rings is 1. The van der Waals surface area contributed by atoms with Gasteiger partial charge in [0.2, 0.25) is 0 Å². The maximum atomic E-state index is 12.8. The Morgan fingerprint density at radius 3 is 2.69 bits per heavy atom.